The molecule has 1 N–H and O–H groups in total. The molecule has 0 saturated carbocycles. The molecule has 1 aromatic rings. The molecule has 8 nitrogen and oxygen atoms in total. The Labute approximate surface area is 109 Å². The van der Waals surface area contributed by atoms with E-state index in [1.165, 1.54) is 12.1 Å². The van der Waals surface area contributed by atoms with Gasteiger partial charge in [0, 0.05) is 32.7 Å². The number of hydrogen-bond donors (Lipinski definition) is 1. The summed E-state index contributed by atoms with van der Waals surface area (Å²) in [4.78, 5) is 25.5. The van der Waals surface area contributed by atoms with Crippen molar-refractivity contribution in [3.05, 3.63) is 28.0 Å². The minimum Gasteiger partial charge on any atom is -0.395 e. The highest BCUT2D eigenvalue weighted by Gasteiger charge is 2.25. The second-order valence-corrected chi connectivity index (χ2v) is 4.25. The minimum atomic E-state index is -0.671. The molecule has 1 fully saturated rings. The molecule has 1 aliphatic rings. The van der Waals surface area contributed by atoms with Crippen molar-refractivity contribution >= 4 is 11.8 Å². The molecule has 1 saturated heterocycles. The molecule has 0 aromatic carbocycles. The number of piperazine rings is 1. The van der Waals surface area contributed by atoms with Gasteiger partial charge in [0.2, 0.25) is 0 Å². The van der Waals surface area contributed by atoms with Gasteiger partial charge in [-0.2, -0.15) is 0 Å². The van der Waals surface area contributed by atoms with Gasteiger partial charge in [-0.3, -0.25) is 19.8 Å². The normalized spacial score (nSPS) is 16.6. The van der Waals surface area contributed by atoms with E-state index >= 15 is 0 Å². The first kappa shape index (κ1) is 13.5. The van der Waals surface area contributed by atoms with Gasteiger partial charge in [0.15, 0.2) is 5.76 Å². The zero-order valence-corrected chi connectivity index (χ0v) is 10.3. The van der Waals surface area contributed by atoms with Crippen LogP contribution in [0.25, 0.3) is 0 Å². The van der Waals surface area contributed by atoms with Crippen LogP contribution in [0.15, 0.2) is 16.5 Å². The summed E-state index contributed by atoms with van der Waals surface area (Å²) in [5, 5.41) is 19.3. The van der Waals surface area contributed by atoms with E-state index in [9.17, 15) is 14.9 Å². The zero-order chi connectivity index (χ0) is 13.8. The second kappa shape index (κ2) is 5.81. The number of nitro groups is 1. The lowest BCUT2D eigenvalue weighted by molar-refractivity contribution is -0.402. The van der Waals surface area contributed by atoms with E-state index in [0.29, 0.717) is 32.7 Å². The summed E-state index contributed by atoms with van der Waals surface area (Å²) in [5.74, 6) is -0.777. The molecule has 19 heavy (non-hydrogen) atoms. The maximum atomic E-state index is 12.0. The van der Waals surface area contributed by atoms with Gasteiger partial charge in [-0.1, -0.05) is 0 Å². The summed E-state index contributed by atoms with van der Waals surface area (Å²) in [6, 6.07) is 2.50. The van der Waals surface area contributed by atoms with Crippen molar-refractivity contribution in [1.82, 2.24) is 9.80 Å². The van der Waals surface area contributed by atoms with E-state index in [1.54, 1.807) is 4.90 Å². The van der Waals surface area contributed by atoms with Crippen LogP contribution in [0.2, 0.25) is 0 Å². The zero-order valence-electron chi connectivity index (χ0n) is 10.3. The topological polar surface area (TPSA) is 100 Å². The van der Waals surface area contributed by atoms with Crippen LogP contribution >= 0.6 is 0 Å². The molecule has 0 radical (unpaired) electrons. The number of rotatable bonds is 4. The van der Waals surface area contributed by atoms with Crippen molar-refractivity contribution in [3.8, 4) is 0 Å². The van der Waals surface area contributed by atoms with Crippen molar-refractivity contribution in [2.24, 2.45) is 0 Å². The second-order valence-electron chi connectivity index (χ2n) is 4.25. The van der Waals surface area contributed by atoms with Crippen molar-refractivity contribution in [2.75, 3.05) is 39.3 Å². The van der Waals surface area contributed by atoms with Gasteiger partial charge in [0.05, 0.1) is 12.7 Å². The monoisotopic (exact) mass is 269 g/mol. The molecule has 0 spiro atoms. The van der Waals surface area contributed by atoms with Crippen LogP contribution in [-0.4, -0.2) is 65.1 Å². The Hall–Kier alpha value is -1.93. The van der Waals surface area contributed by atoms with Crippen LogP contribution < -0.4 is 0 Å². The van der Waals surface area contributed by atoms with E-state index in [-0.39, 0.29) is 18.3 Å². The smallest absolute Gasteiger partial charge is 0.395 e. The lowest BCUT2D eigenvalue weighted by atomic mass is 10.3. The molecule has 1 amide bonds. The molecule has 0 aliphatic carbocycles. The highest BCUT2D eigenvalue weighted by molar-refractivity contribution is 5.91. The van der Waals surface area contributed by atoms with Gasteiger partial charge in [0.1, 0.15) is 4.92 Å². The molecule has 2 heterocycles. The number of amides is 1. The summed E-state index contributed by atoms with van der Waals surface area (Å²) < 4.78 is 4.89. The van der Waals surface area contributed by atoms with Crippen LogP contribution in [0, 0.1) is 10.1 Å². The number of aliphatic hydroxyl groups excluding tert-OH is 1. The van der Waals surface area contributed by atoms with Gasteiger partial charge in [-0.25, -0.2) is 0 Å². The summed E-state index contributed by atoms with van der Waals surface area (Å²) in [5.41, 5.74) is 0. The third-order valence-corrected chi connectivity index (χ3v) is 3.06. The molecular weight excluding hydrogens is 254 g/mol. The summed E-state index contributed by atoms with van der Waals surface area (Å²) in [6.07, 6.45) is 0. The summed E-state index contributed by atoms with van der Waals surface area (Å²) >= 11 is 0. The maximum absolute atomic E-state index is 12.0. The third-order valence-electron chi connectivity index (χ3n) is 3.06. The van der Waals surface area contributed by atoms with Crippen LogP contribution in [0.5, 0.6) is 0 Å². The first-order chi connectivity index (χ1) is 9.11. The van der Waals surface area contributed by atoms with Crippen LogP contribution in [0.1, 0.15) is 10.6 Å². The van der Waals surface area contributed by atoms with Gasteiger partial charge in [0.25, 0.3) is 5.91 Å². The lowest BCUT2D eigenvalue weighted by Crippen LogP contribution is -2.49. The number of β-amino-alcohol motifs (C(OH)–C–C–N with tert-alkyl or cyclic N) is 1. The molecule has 104 valence electrons. The van der Waals surface area contributed by atoms with E-state index in [4.69, 9.17) is 9.52 Å². The summed E-state index contributed by atoms with van der Waals surface area (Å²) in [7, 11) is 0. The van der Waals surface area contributed by atoms with E-state index in [0.717, 1.165) is 0 Å². The van der Waals surface area contributed by atoms with Gasteiger partial charge >= 0.3 is 5.88 Å². The van der Waals surface area contributed by atoms with Gasteiger partial charge in [-0.05, 0) is 6.07 Å². The molecular formula is C11H15N3O5. The van der Waals surface area contributed by atoms with Crippen LogP contribution in [0.4, 0.5) is 5.88 Å². The Morgan fingerprint density at radius 2 is 2.05 bits per heavy atom. The van der Waals surface area contributed by atoms with Crippen molar-refractivity contribution in [2.45, 2.75) is 0 Å². The first-order valence-electron chi connectivity index (χ1n) is 5.98. The molecule has 0 atom stereocenters. The van der Waals surface area contributed by atoms with E-state index in [2.05, 4.69) is 0 Å². The minimum absolute atomic E-state index is 0.0118. The number of carbonyl (C=O) groups is 1. The Balaban J connectivity index is 1.95. The fourth-order valence-electron chi connectivity index (χ4n) is 2.01. The van der Waals surface area contributed by atoms with E-state index in [1.807, 2.05) is 4.90 Å². The fourth-order valence-corrected chi connectivity index (χ4v) is 2.01. The molecule has 2 rings (SSSR count). The van der Waals surface area contributed by atoms with Gasteiger partial charge < -0.3 is 14.4 Å². The van der Waals surface area contributed by atoms with Crippen molar-refractivity contribution in [1.29, 1.82) is 0 Å². The highest BCUT2D eigenvalue weighted by Crippen LogP contribution is 2.17. The Bertz CT molecular complexity index is 465. The van der Waals surface area contributed by atoms with Crippen LogP contribution in [0.3, 0.4) is 0 Å². The average molecular weight is 269 g/mol. The summed E-state index contributed by atoms with van der Waals surface area (Å²) in [6.45, 7) is 3.08. The predicted molar refractivity (Wildman–Crippen MR) is 64.8 cm³/mol. The number of carbonyl (C=O) groups excluding carboxylic acids is 1. The average Bonchev–Trinajstić information content (AvgIpc) is 2.89. The van der Waals surface area contributed by atoms with Crippen LogP contribution in [-0.2, 0) is 0 Å². The number of aliphatic hydroxyl groups is 1. The quantitative estimate of drug-likeness (QED) is 0.607. The number of furan rings is 1. The third kappa shape index (κ3) is 3.09. The number of hydrogen-bond acceptors (Lipinski definition) is 6. The standard InChI is InChI=1S/C11H15N3O5/c15-8-7-12-3-5-13(6-4-12)11(16)9-1-2-10(19-9)14(17)18/h1-2,15H,3-8H2. The molecule has 0 unspecified atom stereocenters. The first-order valence-corrected chi connectivity index (χ1v) is 5.98. The highest BCUT2D eigenvalue weighted by atomic mass is 16.6. The fraction of sp³-hybridized carbons (Fsp3) is 0.545. The molecule has 1 aromatic heterocycles. The SMILES string of the molecule is O=C(c1ccc([N+](=O)[O-])o1)N1CCN(CCO)CC1. The molecule has 8 heteroatoms. The molecule has 1 aliphatic heterocycles. The Kier molecular flexibility index (Phi) is 4.13. The number of nitrogens with zero attached hydrogens (tertiary/aromatic N) is 3. The maximum Gasteiger partial charge on any atom is 0.433 e. The largest absolute Gasteiger partial charge is 0.433 e. The van der Waals surface area contributed by atoms with Crippen molar-refractivity contribution < 1.29 is 19.2 Å². The predicted octanol–water partition coefficient (Wildman–Crippen LogP) is -0.0621. The molecule has 0 bridgehead atoms. The van der Waals surface area contributed by atoms with Gasteiger partial charge in [-0.15, -0.1) is 0 Å². The Morgan fingerprint density at radius 3 is 2.58 bits per heavy atom. The van der Waals surface area contributed by atoms with Crippen molar-refractivity contribution in [3.63, 3.8) is 0 Å². The lowest BCUT2D eigenvalue weighted by Gasteiger charge is -2.33. The van der Waals surface area contributed by atoms with E-state index < -0.39 is 10.8 Å². The Morgan fingerprint density at radius 1 is 1.37 bits per heavy atom.